The molecule has 0 spiro atoms. The van der Waals surface area contributed by atoms with Crippen molar-refractivity contribution in [2.45, 2.75) is 19.4 Å². The quantitative estimate of drug-likeness (QED) is 0.735. The molecule has 3 N–H and O–H groups in total. The van der Waals surface area contributed by atoms with E-state index in [1.165, 1.54) is 0 Å². The third kappa shape index (κ3) is 4.47. The van der Waals surface area contributed by atoms with Gasteiger partial charge < -0.3 is 20.5 Å². The molecule has 0 radical (unpaired) electrons. The number of anilines is 2. The van der Waals surface area contributed by atoms with Gasteiger partial charge in [-0.05, 0) is 30.7 Å². The number of ether oxygens (including phenoxy) is 1. The van der Waals surface area contributed by atoms with E-state index in [0.717, 1.165) is 11.4 Å². The highest BCUT2D eigenvalue weighted by atomic mass is 16.5. The Morgan fingerprint density at radius 1 is 1.22 bits per heavy atom. The molecule has 1 amide bonds. The Kier molecular flexibility index (Phi) is 6.00. The number of para-hydroxylation sites is 1. The zero-order chi connectivity index (χ0) is 16.7. The van der Waals surface area contributed by atoms with E-state index in [-0.39, 0.29) is 18.6 Å². The number of nitrogens with one attached hydrogen (secondary N) is 2. The number of hydrogen-bond donors (Lipinski definition) is 3. The Bertz CT molecular complexity index is 654. The number of methoxy groups -OCH3 is 1. The van der Waals surface area contributed by atoms with Crippen LogP contribution in [0, 0.1) is 0 Å². The standard InChI is InChI=1S/C18H22N2O3/c1-3-13(12-21)20-18(22)16-9-4-5-10-17(16)19-14-7-6-8-15(11-14)23-2/h4-11,13,19,21H,3,12H2,1-2H3,(H,20,22). The smallest absolute Gasteiger partial charge is 0.253 e. The third-order valence-corrected chi connectivity index (χ3v) is 3.57. The van der Waals surface area contributed by atoms with Gasteiger partial charge in [-0.1, -0.05) is 25.1 Å². The molecule has 0 aliphatic carbocycles. The number of rotatable bonds is 7. The first-order chi connectivity index (χ1) is 11.2. The second kappa shape index (κ2) is 8.19. The highest BCUT2D eigenvalue weighted by molar-refractivity contribution is 6.00. The lowest BCUT2D eigenvalue weighted by atomic mass is 10.1. The van der Waals surface area contributed by atoms with E-state index < -0.39 is 0 Å². The second-order valence-corrected chi connectivity index (χ2v) is 5.16. The predicted molar refractivity (Wildman–Crippen MR) is 91.3 cm³/mol. The molecule has 23 heavy (non-hydrogen) atoms. The summed E-state index contributed by atoms with van der Waals surface area (Å²) in [7, 11) is 1.61. The minimum absolute atomic E-state index is 0.0757. The average molecular weight is 314 g/mol. The van der Waals surface area contributed by atoms with Gasteiger partial charge in [0, 0.05) is 11.8 Å². The monoisotopic (exact) mass is 314 g/mol. The zero-order valence-electron chi connectivity index (χ0n) is 13.4. The van der Waals surface area contributed by atoms with Gasteiger partial charge in [-0.2, -0.15) is 0 Å². The van der Waals surface area contributed by atoms with E-state index in [1.807, 2.05) is 49.4 Å². The molecule has 2 rings (SSSR count). The number of carbonyl (C=O) groups excluding carboxylic acids is 1. The molecule has 1 atom stereocenters. The highest BCUT2D eigenvalue weighted by Gasteiger charge is 2.14. The molecule has 0 aliphatic heterocycles. The fourth-order valence-electron chi connectivity index (χ4n) is 2.19. The zero-order valence-corrected chi connectivity index (χ0v) is 13.4. The molecule has 5 heteroatoms. The van der Waals surface area contributed by atoms with Crippen molar-refractivity contribution in [2.24, 2.45) is 0 Å². The summed E-state index contributed by atoms with van der Waals surface area (Å²) in [6.45, 7) is 1.84. The van der Waals surface area contributed by atoms with Gasteiger partial charge in [0.15, 0.2) is 0 Å². The van der Waals surface area contributed by atoms with Crippen LogP contribution in [0.1, 0.15) is 23.7 Å². The Balaban J connectivity index is 2.21. The molecular weight excluding hydrogens is 292 g/mol. The van der Waals surface area contributed by atoms with Crippen molar-refractivity contribution >= 4 is 17.3 Å². The molecule has 0 fully saturated rings. The molecular formula is C18H22N2O3. The maximum absolute atomic E-state index is 12.4. The molecule has 2 aromatic carbocycles. The Morgan fingerprint density at radius 3 is 2.70 bits per heavy atom. The van der Waals surface area contributed by atoms with Crippen molar-refractivity contribution in [3.05, 3.63) is 54.1 Å². The Hall–Kier alpha value is -2.53. The first-order valence-corrected chi connectivity index (χ1v) is 7.59. The molecule has 0 saturated carbocycles. The lowest BCUT2D eigenvalue weighted by Crippen LogP contribution is -2.37. The predicted octanol–water partition coefficient (Wildman–Crippen LogP) is 2.94. The SMILES string of the molecule is CCC(CO)NC(=O)c1ccccc1Nc1cccc(OC)c1. The fourth-order valence-corrected chi connectivity index (χ4v) is 2.19. The molecule has 2 aromatic rings. The topological polar surface area (TPSA) is 70.6 Å². The Labute approximate surface area is 136 Å². The molecule has 1 unspecified atom stereocenters. The van der Waals surface area contributed by atoms with Crippen molar-refractivity contribution in [1.29, 1.82) is 0 Å². The molecule has 0 saturated heterocycles. The number of carbonyl (C=O) groups is 1. The minimum Gasteiger partial charge on any atom is -0.497 e. The van der Waals surface area contributed by atoms with Gasteiger partial charge in [-0.15, -0.1) is 0 Å². The van der Waals surface area contributed by atoms with Crippen molar-refractivity contribution < 1.29 is 14.6 Å². The van der Waals surface area contributed by atoms with Crippen LogP contribution in [0.2, 0.25) is 0 Å². The van der Waals surface area contributed by atoms with Crippen LogP contribution in [-0.4, -0.2) is 30.8 Å². The summed E-state index contributed by atoms with van der Waals surface area (Å²) < 4.78 is 5.20. The normalized spacial score (nSPS) is 11.6. The lowest BCUT2D eigenvalue weighted by Gasteiger charge is -2.17. The average Bonchev–Trinajstić information content (AvgIpc) is 2.60. The van der Waals surface area contributed by atoms with Crippen LogP contribution in [0.5, 0.6) is 5.75 Å². The number of benzene rings is 2. The lowest BCUT2D eigenvalue weighted by molar-refractivity contribution is 0.0916. The largest absolute Gasteiger partial charge is 0.497 e. The number of hydrogen-bond acceptors (Lipinski definition) is 4. The van der Waals surface area contributed by atoms with Crippen LogP contribution in [0.15, 0.2) is 48.5 Å². The van der Waals surface area contributed by atoms with Gasteiger partial charge in [0.2, 0.25) is 0 Å². The highest BCUT2D eigenvalue weighted by Crippen LogP contribution is 2.24. The van der Waals surface area contributed by atoms with Crippen molar-refractivity contribution in [2.75, 3.05) is 19.0 Å². The summed E-state index contributed by atoms with van der Waals surface area (Å²) in [6, 6.07) is 14.5. The minimum atomic E-state index is -0.243. The van der Waals surface area contributed by atoms with E-state index in [9.17, 15) is 9.90 Å². The molecule has 0 aliphatic rings. The van der Waals surface area contributed by atoms with E-state index in [4.69, 9.17) is 4.74 Å². The second-order valence-electron chi connectivity index (χ2n) is 5.16. The summed E-state index contributed by atoms with van der Waals surface area (Å²) in [4.78, 5) is 12.4. The van der Waals surface area contributed by atoms with Gasteiger partial charge in [0.1, 0.15) is 5.75 Å². The van der Waals surface area contributed by atoms with E-state index in [0.29, 0.717) is 17.7 Å². The van der Waals surface area contributed by atoms with E-state index in [1.54, 1.807) is 13.2 Å². The first kappa shape index (κ1) is 16.8. The van der Waals surface area contributed by atoms with Crippen LogP contribution in [-0.2, 0) is 0 Å². The maximum Gasteiger partial charge on any atom is 0.253 e. The van der Waals surface area contributed by atoms with Crippen LogP contribution in [0.25, 0.3) is 0 Å². The summed E-state index contributed by atoms with van der Waals surface area (Å²) in [6.07, 6.45) is 0.674. The van der Waals surface area contributed by atoms with Gasteiger partial charge in [0.05, 0.1) is 31.0 Å². The summed E-state index contributed by atoms with van der Waals surface area (Å²) in [5.74, 6) is 0.528. The number of aliphatic hydroxyl groups is 1. The van der Waals surface area contributed by atoms with Gasteiger partial charge in [-0.3, -0.25) is 4.79 Å². The van der Waals surface area contributed by atoms with Crippen LogP contribution < -0.4 is 15.4 Å². The molecule has 122 valence electrons. The summed E-state index contributed by atoms with van der Waals surface area (Å²) in [5, 5.41) is 15.3. The van der Waals surface area contributed by atoms with Crippen LogP contribution in [0.3, 0.4) is 0 Å². The molecule has 0 aromatic heterocycles. The maximum atomic E-state index is 12.4. The van der Waals surface area contributed by atoms with Crippen molar-refractivity contribution in [3.8, 4) is 5.75 Å². The third-order valence-electron chi connectivity index (χ3n) is 3.57. The summed E-state index contributed by atoms with van der Waals surface area (Å²) in [5.41, 5.74) is 2.06. The Morgan fingerprint density at radius 2 is 2.00 bits per heavy atom. The van der Waals surface area contributed by atoms with Gasteiger partial charge in [0.25, 0.3) is 5.91 Å². The van der Waals surface area contributed by atoms with Crippen LogP contribution in [0.4, 0.5) is 11.4 Å². The molecule has 0 bridgehead atoms. The van der Waals surface area contributed by atoms with Crippen molar-refractivity contribution in [3.63, 3.8) is 0 Å². The van der Waals surface area contributed by atoms with Crippen molar-refractivity contribution in [1.82, 2.24) is 5.32 Å². The fraction of sp³-hybridized carbons (Fsp3) is 0.278. The molecule has 0 heterocycles. The van der Waals surface area contributed by atoms with Gasteiger partial charge in [-0.25, -0.2) is 0 Å². The number of aliphatic hydroxyl groups excluding tert-OH is 1. The van der Waals surface area contributed by atoms with Crippen LogP contribution >= 0.6 is 0 Å². The molecule has 5 nitrogen and oxygen atoms in total. The van der Waals surface area contributed by atoms with E-state index in [2.05, 4.69) is 10.6 Å². The summed E-state index contributed by atoms with van der Waals surface area (Å²) >= 11 is 0. The van der Waals surface area contributed by atoms with Gasteiger partial charge >= 0.3 is 0 Å². The van der Waals surface area contributed by atoms with E-state index >= 15 is 0 Å². The first-order valence-electron chi connectivity index (χ1n) is 7.59. The number of amides is 1.